The molecule has 0 saturated carbocycles. The molecule has 0 aromatic carbocycles. The van der Waals surface area contributed by atoms with Gasteiger partial charge < -0.3 is 14.3 Å². The fourth-order valence-electron chi connectivity index (χ4n) is 2.12. The molecule has 1 fully saturated rings. The van der Waals surface area contributed by atoms with Crippen LogP contribution in [-0.4, -0.2) is 16.7 Å². The Bertz CT molecular complexity index is 497. The Hall–Kier alpha value is -1.62. The lowest BCUT2D eigenvalue weighted by atomic mass is 10.0. The molecule has 90 valence electrons. The van der Waals surface area contributed by atoms with Gasteiger partial charge in [-0.2, -0.15) is 4.98 Å². The first-order valence-corrected chi connectivity index (χ1v) is 5.95. The van der Waals surface area contributed by atoms with Crippen molar-refractivity contribution in [3.8, 4) is 11.5 Å². The van der Waals surface area contributed by atoms with Crippen LogP contribution in [0.1, 0.15) is 36.9 Å². The molecule has 1 aliphatic heterocycles. The highest BCUT2D eigenvalue weighted by Gasteiger charge is 2.21. The monoisotopic (exact) mass is 233 g/mol. The Labute approximate surface area is 99.2 Å². The van der Waals surface area contributed by atoms with Crippen LogP contribution in [0.2, 0.25) is 0 Å². The van der Waals surface area contributed by atoms with Gasteiger partial charge in [-0.1, -0.05) is 11.6 Å². The lowest BCUT2D eigenvalue weighted by Crippen LogP contribution is -2.27. The van der Waals surface area contributed by atoms with Crippen molar-refractivity contribution in [3.63, 3.8) is 0 Å². The minimum Gasteiger partial charge on any atom is -0.469 e. The number of aromatic nitrogens is 2. The average molecular weight is 233 g/mol. The third-order valence-corrected chi connectivity index (χ3v) is 3.04. The molecule has 1 atom stereocenters. The van der Waals surface area contributed by atoms with E-state index in [9.17, 15) is 0 Å². The highest BCUT2D eigenvalue weighted by Crippen LogP contribution is 2.24. The summed E-state index contributed by atoms with van der Waals surface area (Å²) in [6, 6.07) is 2.13. The summed E-state index contributed by atoms with van der Waals surface area (Å²) in [6.07, 6.45) is 5.15. The zero-order chi connectivity index (χ0) is 11.7. The first kappa shape index (κ1) is 10.5. The molecule has 1 unspecified atom stereocenters. The SMILES string of the molecule is Cc1cc(-c2nc(C3CCCCN3)no2)co1. The highest BCUT2D eigenvalue weighted by atomic mass is 16.5. The molecule has 0 spiro atoms. The number of hydrogen-bond donors (Lipinski definition) is 1. The number of furan rings is 1. The van der Waals surface area contributed by atoms with Crippen molar-refractivity contribution in [2.75, 3.05) is 6.54 Å². The van der Waals surface area contributed by atoms with Crippen molar-refractivity contribution in [1.82, 2.24) is 15.5 Å². The Kier molecular flexibility index (Phi) is 2.68. The van der Waals surface area contributed by atoms with Gasteiger partial charge in [0.15, 0.2) is 5.82 Å². The maximum Gasteiger partial charge on any atom is 0.261 e. The van der Waals surface area contributed by atoms with E-state index < -0.39 is 0 Å². The van der Waals surface area contributed by atoms with Crippen LogP contribution in [0.4, 0.5) is 0 Å². The van der Waals surface area contributed by atoms with E-state index in [2.05, 4.69) is 15.5 Å². The van der Waals surface area contributed by atoms with Crippen LogP contribution >= 0.6 is 0 Å². The van der Waals surface area contributed by atoms with Gasteiger partial charge in [-0.3, -0.25) is 0 Å². The van der Waals surface area contributed by atoms with Crippen molar-refractivity contribution < 1.29 is 8.94 Å². The maximum atomic E-state index is 5.26. The number of hydrogen-bond acceptors (Lipinski definition) is 5. The summed E-state index contributed by atoms with van der Waals surface area (Å²) in [6.45, 7) is 2.92. The van der Waals surface area contributed by atoms with Crippen LogP contribution in [0.5, 0.6) is 0 Å². The summed E-state index contributed by atoms with van der Waals surface area (Å²) < 4.78 is 10.5. The first-order valence-electron chi connectivity index (χ1n) is 5.95. The van der Waals surface area contributed by atoms with E-state index >= 15 is 0 Å². The maximum absolute atomic E-state index is 5.26. The zero-order valence-corrected chi connectivity index (χ0v) is 9.77. The molecule has 0 radical (unpaired) electrons. The third kappa shape index (κ3) is 2.10. The molecule has 0 bridgehead atoms. The van der Waals surface area contributed by atoms with Gasteiger partial charge in [-0.05, 0) is 32.4 Å². The zero-order valence-electron chi connectivity index (χ0n) is 9.77. The first-order chi connectivity index (χ1) is 8.33. The Morgan fingerprint density at radius 1 is 1.41 bits per heavy atom. The van der Waals surface area contributed by atoms with Gasteiger partial charge in [-0.15, -0.1) is 0 Å². The Balaban J connectivity index is 1.82. The van der Waals surface area contributed by atoms with Gasteiger partial charge in [-0.25, -0.2) is 0 Å². The molecule has 2 aromatic rings. The van der Waals surface area contributed by atoms with Crippen LogP contribution in [0.25, 0.3) is 11.5 Å². The van der Waals surface area contributed by atoms with Crippen LogP contribution in [-0.2, 0) is 0 Å². The van der Waals surface area contributed by atoms with Gasteiger partial charge >= 0.3 is 0 Å². The minimum absolute atomic E-state index is 0.231. The average Bonchev–Trinajstić information content (AvgIpc) is 2.98. The van der Waals surface area contributed by atoms with Crippen molar-refractivity contribution in [2.45, 2.75) is 32.2 Å². The molecular formula is C12H15N3O2. The minimum atomic E-state index is 0.231. The van der Waals surface area contributed by atoms with Gasteiger partial charge in [0.2, 0.25) is 0 Å². The number of rotatable bonds is 2. The molecular weight excluding hydrogens is 218 g/mol. The lowest BCUT2D eigenvalue weighted by molar-refractivity contribution is 0.367. The van der Waals surface area contributed by atoms with Crippen LogP contribution in [0.3, 0.4) is 0 Å². The Morgan fingerprint density at radius 2 is 2.35 bits per heavy atom. The smallest absolute Gasteiger partial charge is 0.261 e. The summed E-state index contributed by atoms with van der Waals surface area (Å²) >= 11 is 0. The summed E-state index contributed by atoms with van der Waals surface area (Å²) in [5.74, 6) is 2.12. The van der Waals surface area contributed by atoms with Gasteiger partial charge in [0.25, 0.3) is 5.89 Å². The van der Waals surface area contributed by atoms with E-state index in [1.54, 1.807) is 6.26 Å². The van der Waals surface area contributed by atoms with Crippen LogP contribution in [0.15, 0.2) is 21.3 Å². The van der Waals surface area contributed by atoms with E-state index in [1.165, 1.54) is 12.8 Å². The normalized spacial score (nSPS) is 20.6. The molecule has 1 aliphatic rings. The molecule has 3 rings (SSSR count). The molecule has 0 amide bonds. The van der Waals surface area contributed by atoms with Crippen molar-refractivity contribution in [1.29, 1.82) is 0 Å². The molecule has 17 heavy (non-hydrogen) atoms. The molecule has 3 heterocycles. The molecule has 1 N–H and O–H groups in total. The fourth-order valence-corrected chi connectivity index (χ4v) is 2.12. The molecule has 5 nitrogen and oxygen atoms in total. The fraction of sp³-hybridized carbons (Fsp3) is 0.500. The second-order valence-corrected chi connectivity index (χ2v) is 4.41. The van der Waals surface area contributed by atoms with Crippen LogP contribution < -0.4 is 5.32 Å². The molecule has 2 aromatic heterocycles. The summed E-state index contributed by atoms with van der Waals surface area (Å²) in [7, 11) is 0. The predicted octanol–water partition coefficient (Wildman–Crippen LogP) is 2.45. The van der Waals surface area contributed by atoms with E-state index in [0.29, 0.717) is 5.89 Å². The third-order valence-electron chi connectivity index (χ3n) is 3.04. The number of nitrogens with zero attached hydrogens (tertiary/aromatic N) is 2. The molecule has 1 saturated heterocycles. The Morgan fingerprint density at radius 3 is 3.06 bits per heavy atom. The van der Waals surface area contributed by atoms with Crippen molar-refractivity contribution >= 4 is 0 Å². The number of piperidine rings is 1. The summed E-state index contributed by atoms with van der Waals surface area (Å²) in [5, 5.41) is 7.43. The summed E-state index contributed by atoms with van der Waals surface area (Å²) in [4.78, 5) is 4.42. The molecule has 0 aliphatic carbocycles. The number of aryl methyl sites for hydroxylation is 1. The highest BCUT2D eigenvalue weighted by molar-refractivity contribution is 5.51. The standard InChI is InChI=1S/C12H15N3O2/c1-8-6-9(7-16-8)12-14-11(15-17-12)10-4-2-3-5-13-10/h6-7,10,13H,2-5H2,1H3. The second-order valence-electron chi connectivity index (χ2n) is 4.41. The molecule has 5 heteroatoms. The lowest BCUT2D eigenvalue weighted by Gasteiger charge is -2.19. The van der Waals surface area contributed by atoms with Crippen molar-refractivity contribution in [3.05, 3.63) is 23.9 Å². The van der Waals surface area contributed by atoms with E-state index in [4.69, 9.17) is 8.94 Å². The largest absolute Gasteiger partial charge is 0.469 e. The van der Waals surface area contributed by atoms with E-state index in [1.807, 2.05) is 13.0 Å². The van der Waals surface area contributed by atoms with Crippen LogP contribution in [0, 0.1) is 6.92 Å². The predicted molar refractivity (Wildman–Crippen MR) is 61.3 cm³/mol. The summed E-state index contributed by atoms with van der Waals surface area (Å²) in [5.41, 5.74) is 0.844. The van der Waals surface area contributed by atoms with Gasteiger partial charge in [0.05, 0.1) is 11.6 Å². The topological polar surface area (TPSA) is 64.1 Å². The second kappa shape index (κ2) is 4.33. The quantitative estimate of drug-likeness (QED) is 0.863. The van der Waals surface area contributed by atoms with Gasteiger partial charge in [0, 0.05) is 0 Å². The van der Waals surface area contributed by atoms with E-state index in [-0.39, 0.29) is 6.04 Å². The number of nitrogens with one attached hydrogen (secondary N) is 1. The van der Waals surface area contributed by atoms with Gasteiger partial charge in [0.1, 0.15) is 12.0 Å². The van der Waals surface area contributed by atoms with Crippen molar-refractivity contribution in [2.24, 2.45) is 0 Å². The van der Waals surface area contributed by atoms with E-state index in [0.717, 1.165) is 30.1 Å².